The van der Waals surface area contributed by atoms with Gasteiger partial charge in [-0.05, 0) is 60.6 Å². The fourth-order valence-corrected chi connectivity index (χ4v) is 3.84. The second kappa shape index (κ2) is 9.16. The molecule has 0 bridgehead atoms. The van der Waals surface area contributed by atoms with Gasteiger partial charge in [-0.3, -0.25) is 14.4 Å². The summed E-state index contributed by atoms with van der Waals surface area (Å²) in [5, 5.41) is 3.06. The Morgan fingerprint density at radius 1 is 1.13 bits per heavy atom. The van der Waals surface area contributed by atoms with Crippen LogP contribution in [0, 0.1) is 5.82 Å². The van der Waals surface area contributed by atoms with Gasteiger partial charge in [-0.15, -0.1) is 0 Å². The monoisotopic (exact) mass is 437 g/mol. The minimum atomic E-state index is -0.785. The molecule has 8 heteroatoms. The Balaban J connectivity index is 2.38. The van der Waals surface area contributed by atoms with Crippen molar-refractivity contribution in [3.05, 3.63) is 34.1 Å². The quantitative estimate of drug-likeness (QED) is 0.524. The van der Waals surface area contributed by atoms with E-state index in [0.717, 1.165) is 11.0 Å². The zero-order valence-corrected chi connectivity index (χ0v) is 19.2. The van der Waals surface area contributed by atoms with Gasteiger partial charge in [0.2, 0.25) is 11.8 Å². The molecule has 1 aromatic rings. The molecule has 1 aliphatic rings. The maximum atomic E-state index is 14.6. The summed E-state index contributed by atoms with van der Waals surface area (Å²) in [5.74, 6) is -1.96. The molecule has 1 saturated heterocycles. The van der Waals surface area contributed by atoms with Crippen LogP contribution in [0.3, 0.4) is 0 Å². The number of carbonyl (C=O) groups excluding carboxylic acids is 3. The van der Waals surface area contributed by atoms with Gasteiger partial charge in [0.15, 0.2) is 0 Å². The van der Waals surface area contributed by atoms with Crippen molar-refractivity contribution in [2.75, 3.05) is 10.2 Å². The van der Waals surface area contributed by atoms with Crippen LogP contribution < -0.4 is 10.2 Å². The Hall–Kier alpha value is -2.41. The first-order valence-corrected chi connectivity index (χ1v) is 10.4. The first-order chi connectivity index (χ1) is 13.9. The van der Waals surface area contributed by atoms with E-state index in [1.807, 2.05) is 27.7 Å². The smallest absolute Gasteiger partial charge is 0.261 e. The van der Waals surface area contributed by atoms with Crippen LogP contribution in [0.25, 0.3) is 0 Å². The molecule has 0 spiro atoms. The molecule has 1 heterocycles. The number of imide groups is 1. The molecule has 0 aromatic heterocycles. The molecule has 1 unspecified atom stereocenters. The molecule has 1 N–H and O–H groups in total. The van der Waals surface area contributed by atoms with Crippen LogP contribution in [-0.4, -0.2) is 40.7 Å². The third kappa shape index (κ3) is 4.67. The normalized spacial score (nSPS) is 15.3. The van der Waals surface area contributed by atoms with Gasteiger partial charge in [0.05, 0.1) is 22.8 Å². The van der Waals surface area contributed by atoms with Crippen molar-refractivity contribution < 1.29 is 18.8 Å². The van der Waals surface area contributed by atoms with Crippen LogP contribution in [0.1, 0.15) is 54.9 Å². The molecular weight excluding hydrogens is 409 g/mol. The van der Waals surface area contributed by atoms with Crippen LogP contribution in [0.15, 0.2) is 23.3 Å². The second-order valence-corrected chi connectivity index (χ2v) is 8.68. The lowest BCUT2D eigenvalue weighted by Gasteiger charge is -2.33. The summed E-state index contributed by atoms with van der Waals surface area (Å²) in [6, 6.07) is 1.70. The molecule has 164 valence electrons. The minimum Gasteiger partial charge on any atom is -0.373 e. The number of benzene rings is 1. The van der Waals surface area contributed by atoms with Crippen LogP contribution >= 0.6 is 11.6 Å². The standard InChI is InChI=1S/C22H29ClFN3O3/c1-11(2)15-8-20(28)27(22(15)30)19-10-18(16(23)9-17(19)24)25-14(7)21(29)26(12(3)4)13(5)6/h9-10,12-14,25H,8H2,1-7H3. The van der Waals surface area contributed by atoms with Gasteiger partial charge in [0.25, 0.3) is 5.91 Å². The van der Waals surface area contributed by atoms with Crippen molar-refractivity contribution in [3.8, 4) is 0 Å². The van der Waals surface area contributed by atoms with E-state index in [2.05, 4.69) is 5.32 Å². The van der Waals surface area contributed by atoms with Crippen LogP contribution in [-0.2, 0) is 14.4 Å². The van der Waals surface area contributed by atoms with E-state index in [1.165, 1.54) is 6.07 Å². The van der Waals surface area contributed by atoms with Crippen molar-refractivity contribution in [3.63, 3.8) is 0 Å². The third-order valence-corrected chi connectivity index (χ3v) is 5.34. The lowest BCUT2D eigenvalue weighted by molar-refractivity contribution is -0.135. The number of amides is 3. The average Bonchev–Trinajstić information content (AvgIpc) is 2.91. The molecule has 1 fully saturated rings. The number of nitrogens with zero attached hydrogens (tertiary/aromatic N) is 2. The summed E-state index contributed by atoms with van der Waals surface area (Å²) in [7, 11) is 0. The first kappa shape index (κ1) is 23.9. The van der Waals surface area contributed by atoms with E-state index in [1.54, 1.807) is 25.7 Å². The van der Waals surface area contributed by atoms with Gasteiger partial charge in [-0.2, -0.15) is 0 Å². The summed E-state index contributed by atoms with van der Waals surface area (Å²) in [4.78, 5) is 40.5. The number of halogens is 2. The molecule has 6 nitrogen and oxygen atoms in total. The average molecular weight is 438 g/mol. The molecule has 1 aromatic carbocycles. The number of anilines is 2. The predicted octanol–water partition coefficient (Wildman–Crippen LogP) is 4.52. The van der Waals surface area contributed by atoms with E-state index in [9.17, 15) is 18.8 Å². The van der Waals surface area contributed by atoms with E-state index < -0.39 is 23.7 Å². The Morgan fingerprint density at radius 3 is 2.17 bits per heavy atom. The Morgan fingerprint density at radius 2 is 1.70 bits per heavy atom. The number of hydrogen-bond acceptors (Lipinski definition) is 4. The number of hydrogen-bond donors (Lipinski definition) is 1. The van der Waals surface area contributed by atoms with Gasteiger partial charge in [0.1, 0.15) is 11.9 Å². The number of nitrogens with one attached hydrogen (secondary N) is 1. The summed E-state index contributed by atoms with van der Waals surface area (Å²) in [6.45, 7) is 12.9. The van der Waals surface area contributed by atoms with Crippen molar-refractivity contribution in [2.24, 2.45) is 0 Å². The molecule has 0 radical (unpaired) electrons. The van der Waals surface area contributed by atoms with E-state index in [-0.39, 0.29) is 40.8 Å². The SMILES string of the molecule is CC(C)=C1CC(=O)N(c2cc(NC(C)C(=O)N(C(C)C)C(C)C)c(Cl)cc2F)C1=O. The highest BCUT2D eigenvalue weighted by Crippen LogP contribution is 2.35. The fraction of sp³-hybridized carbons (Fsp3) is 0.500. The molecular formula is C22H29ClFN3O3. The molecule has 3 amide bonds. The Kier molecular flexibility index (Phi) is 7.29. The third-order valence-electron chi connectivity index (χ3n) is 5.03. The summed E-state index contributed by atoms with van der Waals surface area (Å²) >= 11 is 6.19. The van der Waals surface area contributed by atoms with Crippen molar-refractivity contribution in [2.45, 2.75) is 73.0 Å². The van der Waals surface area contributed by atoms with Crippen molar-refractivity contribution in [1.29, 1.82) is 0 Å². The molecule has 1 atom stereocenters. The zero-order valence-electron chi connectivity index (χ0n) is 18.5. The van der Waals surface area contributed by atoms with Gasteiger partial charge in [-0.1, -0.05) is 17.2 Å². The van der Waals surface area contributed by atoms with Crippen molar-refractivity contribution in [1.82, 2.24) is 4.90 Å². The molecule has 0 saturated carbocycles. The number of allylic oxidation sites excluding steroid dienone is 1. The highest BCUT2D eigenvalue weighted by atomic mass is 35.5. The van der Waals surface area contributed by atoms with Crippen molar-refractivity contribution >= 4 is 40.7 Å². The van der Waals surface area contributed by atoms with Crippen LogP contribution in [0.5, 0.6) is 0 Å². The maximum Gasteiger partial charge on any atom is 0.261 e. The lowest BCUT2D eigenvalue weighted by atomic mass is 10.1. The highest BCUT2D eigenvalue weighted by molar-refractivity contribution is 6.34. The second-order valence-electron chi connectivity index (χ2n) is 8.27. The van der Waals surface area contributed by atoms with Crippen LogP contribution in [0.4, 0.5) is 15.8 Å². The predicted molar refractivity (Wildman–Crippen MR) is 117 cm³/mol. The van der Waals surface area contributed by atoms with E-state index in [4.69, 9.17) is 11.6 Å². The van der Waals surface area contributed by atoms with Gasteiger partial charge >= 0.3 is 0 Å². The zero-order chi connectivity index (χ0) is 22.9. The maximum absolute atomic E-state index is 14.6. The first-order valence-electron chi connectivity index (χ1n) is 9.98. The molecule has 1 aliphatic heterocycles. The molecule has 2 rings (SSSR count). The van der Waals surface area contributed by atoms with Crippen LogP contribution in [0.2, 0.25) is 5.02 Å². The van der Waals surface area contributed by atoms with Gasteiger partial charge in [-0.25, -0.2) is 9.29 Å². The Bertz CT molecular complexity index is 899. The lowest BCUT2D eigenvalue weighted by Crippen LogP contribution is -2.48. The molecule has 30 heavy (non-hydrogen) atoms. The summed E-state index contributed by atoms with van der Waals surface area (Å²) < 4.78 is 14.6. The summed E-state index contributed by atoms with van der Waals surface area (Å²) in [5.41, 5.74) is 1.16. The Labute approximate surface area is 182 Å². The van der Waals surface area contributed by atoms with E-state index >= 15 is 0 Å². The van der Waals surface area contributed by atoms with Gasteiger partial charge in [0, 0.05) is 17.7 Å². The summed E-state index contributed by atoms with van der Waals surface area (Å²) in [6.07, 6.45) is -0.0708. The number of rotatable bonds is 6. The topological polar surface area (TPSA) is 69.7 Å². The van der Waals surface area contributed by atoms with Gasteiger partial charge < -0.3 is 10.2 Å². The number of carbonyl (C=O) groups is 3. The van der Waals surface area contributed by atoms with E-state index in [0.29, 0.717) is 11.1 Å². The highest BCUT2D eigenvalue weighted by Gasteiger charge is 2.37. The fourth-order valence-electron chi connectivity index (χ4n) is 3.63. The largest absolute Gasteiger partial charge is 0.373 e. The molecule has 0 aliphatic carbocycles. The minimum absolute atomic E-state index is 0.00309.